The fourth-order valence-electron chi connectivity index (χ4n) is 5.63. The average molecular weight is 515 g/mol. The van der Waals surface area contributed by atoms with Crippen LogP contribution in [0.5, 0.6) is 0 Å². The van der Waals surface area contributed by atoms with Crippen LogP contribution >= 0.6 is 0 Å². The summed E-state index contributed by atoms with van der Waals surface area (Å²) in [6.07, 6.45) is -2.92. The third-order valence-electron chi connectivity index (χ3n) is 7.52. The summed E-state index contributed by atoms with van der Waals surface area (Å²) in [7, 11) is 0. The van der Waals surface area contributed by atoms with E-state index in [1.165, 1.54) is 18.3 Å². The molecule has 0 saturated carbocycles. The van der Waals surface area contributed by atoms with Gasteiger partial charge in [-0.2, -0.15) is 13.2 Å². The Morgan fingerprint density at radius 3 is 2.50 bits per heavy atom. The molecule has 0 bridgehead atoms. The number of nitrogens with one attached hydrogen (secondary N) is 1. The number of aromatic amines is 1. The first-order chi connectivity index (χ1) is 18.3. The van der Waals surface area contributed by atoms with E-state index in [9.17, 15) is 18.3 Å². The highest BCUT2D eigenvalue weighted by atomic mass is 19.4. The van der Waals surface area contributed by atoms with Gasteiger partial charge in [-0.3, -0.25) is 4.90 Å². The largest absolute Gasteiger partial charge is 0.422 e. The van der Waals surface area contributed by atoms with Crippen LogP contribution in [0, 0.1) is 6.57 Å². The van der Waals surface area contributed by atoms with Gasteiger partial charge in [-0.25, -0.2) is 4.85 Å². The average Bonchev–Trinajstić information content (AvgIpc) is 3.46. The summed E-state index contributed by atoms with van der Waals surface area (Å²) < 4.78 is 46.0. The highest BCUT2D eigenvalue weighted by molar-refractivity contribution is 5.88. The Balaban J connectivity index is 1.41. The number of aliphatic hydroxyl groups is 1. The van der Waals surface area contributed by atoms with Crippen molar-refractivity contribution in [3.63, 3.8) is 0 Å². The number of alkyl halides is 3. The van der Waals surface area contributed by atoms with Gasteiger partial charge in [0.1, 0.15) is 0 Å². The highest BCUT2D eigenvalue weighted by Crippen LogP contribution is 2.44. The molecule has 5 aromatic rings. The maximum absolute atomic E-state index is 14.8. The fraction of sp³-hybridized carbons (Fsp3) is 0.233. The summed E-state index contributed by atoms with van der Waals surface area (Å²) >= 11 is 0. The predicted octanol–water partition coefficient (Wildman–Crippen LogP) is 6.53. The van der Waals surface area contributed by atoms with Crippen LogP contribution in [0.4, 0.5) is 18.9 Å². The molecule has 0 spiro atoms. The van der Waals surface area contributed by atoms with Gasteiger partial charge in [0.15, 0.2) is 5.69 Å². The molecule has 1 aliphatic heterocycles. The zero-order valence-electron chi connectivity index (χ0n) is 20.5. The Kier molecular flexibility index (Phi) is 5.78. The van der Waals surface area contributed by atoms with Gasteiger partial charge in [0.05, 0.1) is 6.57 Å². The number of β-amino-alcohol motifs (C(OH)–C–C–N with tert-alkyl or cyclic N) is 1. The molecule has 38 heavy (non-hydrogen) atoms. The molecule has 1 unspecified atom stereocenters. The first-order valence-electron chi connectivity index (χ1n) is 12.4. The van der Waals surface area contributed by atoms with Crippen LogP contribution in [0.25, 0.3) is 26.7 Å². The number of hydrogen-bond donors (Lipinski definition) is 2. The van der Waals surface area contributed by atoms with Gasteiger partial charge >= 0.3 is 6.18 Å². The van der Waals surface area contributed by atoms with Gasteiger partial charge in [0.25, 0.3) is 0 Å². The normalized spacial score (nSPS) is 15.9. The summed E-state index contributed by atoms with van der Waals surface area (Å²) in [5, 5.41) is 12.9. The Morgan fingerprint density at radius 1 is 0.974 bits per heavy atom. The Labute approximate surface area is 217 Å². The van der Waals surface area contributed by atoms with Gasteiger partial charge in [-0.1, -0.05) is 60.7 Å². The van der Waals surface area contributed by atoms with Crippen molar-refractivity contribution >= 4 is 27.5 Å². The van der Waals surface area contributed by atoms with Crippen molar-refractivity contribution in [3.8, 4) is 0 Å². The number of halogens is 3. The molecule has 6 rings (SSSR count). The molecule has 0 amide bonds. The summed E-state index contributed by atoms with van der Waals surface area (Å²) in [6.45, 7) is 7.79. The van der Waals surface area contributed by atoms with Crippen molar-refractivity contribution in [2.24, 2.45) is 0 Å². The number of H-pyrrole nitrogens is 1. The number of benzene rings is 3. The Morgan fingerprint density at radius 2 is 1.74 bits per heavy atom. The number of para-hydroxylation sites is 1. The minimum Gasteiger partial charge on any atom is -0.375 e. The SMILES string of the molecule is [C-]#[N+]c1ccc2c(C(O)(CN3CCc4c([nH]c5ccccc45)C3)C(F)(F)F)cn(Cc3ccccc3)c2c1. The number of nitrogens with zero attached hydrogens (tertiary/aromatic N) is 3. The van der Waals surface area contributed by atoms with Crippen LogP contribution in [0.2, 0.25) is 0 Å². The van der Waals surface area contributed by atoms with Gasteiger partial charge in [-0.05, 0) is 29.7 Å². The maximum atomic E-state index is 14.8. The van der Waals surface area contributed by atoms with E-state index >= 15 is 0 Å². The van der Waals surface area contributed by atoms with E-state index in [2.05, 4.69) is 9.83 Å². The lowest BCUT2D eigenvalue weighted by atomic mass is 9.90. The van der Waals surface area contributed by atoms with Crippen LogP contribution in [0.15, 0.2) is 79.0 Å². The first-order valence-corrected chi connectivity index (χ1v) is 12.4. The molecule has 0 saturated heterocycles. The van der Waals surface area contributed by atoms with E-state index in [0.29, 0.717) is 30.7 Å². The van der Waals surface area contributed by atoms with Crippen molar-refractivity contribution in [2.45, 2.75) is 31.3 Å². The fourth-order valence-corrected chi connectivity index (χ4v) is 5.63. The summed E-state index contributed by atoms with van der Waals surface area (Å²) in [5.74, 6) is 0. The topological polar surface area (TPSA) is 48.5 Å². The lowest BCUT2D eigenvalue weighted by Gasteiger charge is -2.37. The minimum atomic E-state index is -4.92. The zero-order chi connectivity index (χ0) is 26.5. The molecule has 2 aromatic heterocycles. The smallest absolute Gasteiger partial charge is 0.375 e. The second-order valence-electron chi connectivity index (χ2n) is 9.92. The molecule has 1 aliphatic rings. The third-order valence-corrected chi connectivity index (χ3v) is 7.52. The number of rotatable bonds is 5. The van der Waals surface area contributed by atoms with E-state index in [0.717, 1.165) is 27.7 Å². The predicted molar refractivity (Wildman–Crippen MR) is 141 cm³/mol. The van der Waals surface area contributed by atoms with Crippen molar-refractivity contribution < 1.29 is 18.3 Å². The maximum Gasteiger partial charge on any atom is 0.422 e. The van der Waals surface area contributed by atoms with Crippen LogP contribution in [-0.2, 0) is 25.1 Å². The van der Waals surface area contributed by atoms with Gasteiger partial charge < -0.3 is 14.7 Å². The van der Waals surface area contributed by atoms with Crippen LogP contribution in [0.3, 0.4) is 0 Å². The van der Waals surface area contributed by atoms with Gasteiger partial charge in [-0.15, -0.1) is 0 Å². The van der Waals surface area contributed by atoms with Crippen LogP contribution in [-0.4, -0.2) is 38.8 Å². The molecular formula is C30H25F3N4O. The second kappa shape index (κ2) is 9.05. The molecule has 192 valence electrons. The summed E-state index contributed by atoms with van der Waals surface area (Å²) in [5.41, 5.74) is 1.39. The van der Waals surface area contributed by atoms with Crippen molar-refractivity contribution in [3.05, 3.63) is 113 Å². The van der Waals surface area contributed by atoms with Crippen LogP contribution in [0.1, 0.15) is 22.4 Å². The molecule has 3 heterocycles. The monoisotopic (exact) mass is 514 g/mol. The van der Waals surface area contributed by atoms with Gasteiger partial charge in [0.2, 0.25) is 5.60 Å². The Bertz CT molecular complexity index is 1680. The molecule has 0 radical (unpaired) electrons. The minimum absolute atomic E-state index is 0.199. The number of hydrogen-bond acceptors (Lipinski definition) is 2. The van der Waals surface area contributed by atoms with Gasteiger partial charge in [0, 0.05) is 65.4 Å². The highest BCUT2D eigenvalue weighted by Gasteiger charge is 2.57. The molecule has 3 aromatic carbocycles. The van der Waals surface area contributed by atoms with E-state index in [1.807, 2.05) is 54.6 Å². The van der Waals surface area contributed by atoms with Crippen molar-refractivity contribution in [2.75, 3.05) is 13.1 Å². The quantitative estimate of drug-likeness (QED) is 0.262. The lowest BCUT2D eigenvalue weighted by molar-refractivity contribution is -0.271. The molecule has 2 N–H and O–H groups in total. The standard InChI is InChI=1S/C30H25F3N4O/c1-34-21-11-12-24-25(17-37(28(24)15-21)16-20-7-3-2-4-8-20)29(38,30(31,32)33)19-36-14-13-23-22-9-5-6-10-26(22)35-27(23)18-36/h2-12,15,17,35,38H,13-14,16,18-19H2. The van der Waals surface area contributed by atoms with Crippen molar-refractivity contribution in [1.82, 2.24) is 14.5 Å². The van der Waals surface area contributed by atoms with Crippen molar-refractivity contribution in [1.29, 1.82) is 0 Å². The van der Waals surface area contributed by atoms with E-state index in [-0.39, 0.29) is 17.5 Å². The third kappa shape index (κ3) is 4.05. The molecule has 1 atom stereocenters. The molecule has 0 fully saturated rings. The summed E-state index contributed by atoms with van der Waals surface area (Å²) in [6, 6.07) is 21.9. The van der Waals surface area contributed by atoms with E-state index in [4.69, 9.17) is 6.57 Å². The number of fused-ring (bicyclic) bond motifs is 4. The molecule has 0 aliphatic carbocycles. The first kappa shape index (κ1) is 24.3. The Hall–Kier alpha value is -4.06. The molecular weight excluding hydrogens is 489 g/mol. The molecule has 8 heteroatoms. The summed E-state index contributed by atoms with van der Waals surface area (Å²) in [4.78, 5) is 8.48. The van der Waals surface area contributed by atoms with Crippen LogP contribution < -0.4 is 0 Å². The van der Waals surface area contributed by atoms with E-state index in [1.54, 1.807) is 15.5 Å². The number of aromatic nitrogens is 2. The van der Waals surface area contributed by atoms with E-state index < -0.39 is 18.3 Å². The lowest BCUT2D eigenvalue weighted by Crippen LogP contribution is -2.52. The molecule has 5 nitrogen and oxygen atoms in total. The second-order valence-corrected chi connectivity index (χ2v) is 9.92. The zero-order valence-corrected chi connectivity index (χ0v) is 20.5.